The van der Waals surface area contributed by atoms with E-state index in [1.807, 2.05) is 13.1 Å². The van der Waals surface area contributed by atoms with E-state index in [0.29, 0.717) is 12.2 Å². The van der Waals surface area contributed by atoms with Gasteiger partial charge in [0.1, 0.15) is 0 Å². The van der Waals surface area contributed by atoms with Crippen LogP contribution in [0.25, 0.3) is 0 Å². The Morgan fingerprint density at radius 3 is 2.94 bits per heavy atom. The van der Waals surface area contributed by atoms with Crippen molar-refractivity contribution in [3.05, 3.63) is 11.9 Å². The van der Waals surface area contributed by atoms with E-state index in [1.165, 1.54) is 0 Å². The number of aryl methyl sites for hydroxylation is 2. The Hall–Kier alpha value is -1.04. The van der Waals surface area contributed by atoms with Gasteiger partial charge in [-0.05, 0) is 19.8 Å². The Kier molecular flexibility index (Phi) is 3.94. The Morgan fingerprint density at radius 2 is 2.33 bits per heavy atom. The Bertz CT molecular complexity index is 507. The van der Waals surface area contributed by atoms with Crippen molar-refractivity contribution in [2.75, 3.05) is 16.8 Å². The molecule has 1 atom stereocenters. The second-order valence-corrected chi connectivity index (χ2v) is 7.23. The molecular weight excluding hydrogens is 250 g/mol. The van der Waals surface area contributed by atoms with Gasteiger partial charge in [-0.25, -0.2) is 13.4 Å². The molecule has 1 N–H and O–H groups in total. The van der Waals surface area contributed by atoms with Crippen molar-refractivity contribution in [3.8, 4) is 0 Å². The molecule has 6 heteroatoms. The van der Waals surface area contributed by atoms with Crippen molar-refractivity contribution in [2.45, 2.75) is 45.7 Å². The number of imidazole rings is 1. The van der Waals surface area contributed by atoms with Gasteiger partial charge < -0.3 is 9.88 Å². The lowest BCUT2D eigenvalue weighted by Crippen LogP contribution is -2.23. The summed E-state index contributed by atoms with van der Waals surface area (Å²) in [5, 5.41) is 3.27. The zero-order valence-corrected chi connectivity index (χ0v) is 11.8. The number of anilines is 1. The molecule has 0 aromatic carbocycles. The van der Waals surface area contributed by atoms with Gasteiger partial charge >= 0.3 is 0 Å². The number of rotatable bonds is 5. The van der Waals surface area contributed by atoms with E-state index in [4.69, 9.17) is 0 Å². The number of aromatic nitrogens is 2. The van der Waals surface area contributed by atoms with E-state index in [9.17, 15) is 8.42 Å². The van der Waals surface area contributed by atoms with E-state index in [-0.39, 0.29) is 11.8 Å². The van der Waals surface area contributed by atoms with Gasteiger partial charge in [-0.2, -0.15) is 0 Å². The first-order valence-corrected chi connectivity index (χ1v) is 8.33. The zero-order valence-electron chi connectivity index (χ0n) is 11.0. The second kappa shape index (κ2) is 5.30. The predicted octanol–water partition coefficient (Wildman–Crippen LogP) is 1.59. The molecule has 1 aliphatic rings. The number of unbranched alkanes of at least 4 members (excludes halogenated alkanes) is 1. The molecule has 0 saturated carbocycles. The molecule has 0 aliphatic carbocycles. The van der Waals surface area contributed by atoms with Crippen LogP contribution < -0.4 is 5.32 Å². The fraction of sp³-hybridized carbons (Fsp3) is 0.750. The topological polar surface area (TPSA) is 64.0 Å². The van der Waals surface area contributed by atoms with Gasteiger partial charge in [0.2, 0.25) is 5.95 Å². The minimum absolute atomic E-state index is 0.0113. The third-order valence-electron chi connectivity index (χ3n) is 3.22. The summed E-state index contributed by atoms with van der Waals surface area (Å²) in [5.41, 5.74) is 0.967. The van der Waals surface area contributed by atoms with E-state index in [1.54, 1.807) is 0 Å². The largest absolute Gasteiger partial charge is 0.352 e. The summed E-state index contributed by atoms with van der Waals surface area (Å²) in [7, 11) is -2.84. The molecule has 1 saturated heterocycles. The maximum atomic E-state index is 11.4. The van der Waals surface area contributed by atoms with Crippen LogP contribution in [0.5, 0.6) is 0 Å². The van der Waals surface area contributed by atoms with E-state index in [2.05, 4.69) is 21.8 Å². The highest BCUT2D eigenvalue weighted by molar-refractivity contribution is 7.91. The molecule has 0 spiro atoms. The fourth-order valence-electron chi connectivity index (χ4n) is 2.25. The van der Waals surface area contributed by atoms with E-state index >= 15 is 0 Å². The predicted molar refractivity (Wildman–Crippen MR) is 72.6 cm³/mol. The number of nitrogens with one attached hydrogen (secondary N) is 1. The summed E-state index contributed by atoms with van der Waals surface area (Å²) in [6.45, 7) is 5.04. The smallest absolute Gasteiger partial charge is 0.203 e. The first-order chi connectivity index (χ1) is 8.50. The van der Waals surface area contributed by atoms with Crippen molar-refractivity contribution in [1.29, 1.82) is 0 Å². The summed E-state index contributed by atoms with van der Waals surface area (Å²) in [4.78, 5) is 4.43. The molecule has 0 bridgehead atoms. The highest BCUT2D eigenvalue weighted by Gasteiger charge is 2.28. The van der Waals surface area contributed by atoms with Crippen LogP contribution in [0.2, 0.25) is 0 Å². The SMILES string of the molecule is CCCCn1cc(C)nc1NC1CCS(=O)(=O)C1. The molecule has 2 heterocycles. The summed E-state index contributed by atoms with van der Waals surface area (Å²) in [5.74, 6) is 1.33. The highest BCUT2D eigenvalue weighted by atomic mass is 32.2. The molecule has 1 aromatic rings. The van der Waals surface area contributed by atoms with Gasteiger partial charge in [0.25, 0.3) is 0 Å². The van der Waals surface area contributed by atoms with Crippen molar-refractivity contribution in [1.82, 2.24) is 9.55 Å². The van der Waals surface area contributed by atoms with Crippen molar-refractivity contribution in [2.24, 2.45) is 0 Å². The molecule has 1 unspecified atom stereocenters. The Labute approximate surface area is 109 Å². The number of hydrogen-bond acceptors (Lipinski definition) is 4. The fourth-order valence-corrected chi connectivity index (χ4v) is 3.93. The molecule has 0 radical (unpaired) electrons. The number of hydrogen-bond donors (Lipinski definition) is 1. The minimum Gasteiger partial charge on any atom is -0.352 e. The molecule has 18 heavy (non-hydrogen) atoms. The quantitative estimate of drug-likeness (QED) is 0.883. The van der Waals surface area contributed by atoms with Gasteiger partial charge in [0.15, 0.2) is 9.84 Å². The van der Waals surface area contributed by atoms with Crippen molar-refractivity contribution < 1.29 is 8.42 Å². The molecular formula is C12H21N3O2S. The summed E-state index contributed by atoms with van der Waals surface area (Å²) < 4.78 is 24.9. The Morgan fingerprint density at radius 1 is 1.56 bits per heavy atom. The van der Waals surface area contributed by atoms with Crippen LogP contribution in [-0.4, -0.2) is 35.5 Å². The van der Waals surface area contributed by atoms with Gasteiger partial charge in [-0.1, -0.05) is 13.3 Å². The molecule has 102 valence electrons. The molecule has 1 aliphatic heterocycles. The third kappa shape index (κ3) is 3.25. The maximum absolute atomic E-state index is 11.4. The van der Waals surface area contributed by atoms with E-state index in [0.717, 1.165) is 31.0 Å². The lowest BCUT2D eigenvalue weighted by molar-refractivity contribution is 0.601. The zero-order chi connectivity index (χ0) is 13.2. The third-order valence-corrected chi connectivity index (χ3v) is 4.98. The monoisotopic (exact) mass is 271 g/mol. The van der Waals surface area contributed by atoms with Crippen LogP contribution in [0, 0.1) is 6.92 Å². The first kappa shape index (κ1) is 13.4. The normalized spacial score (nSPS) is 22.2. The van der Waals surface area contributed by atoms with Gasteiger partial charge in [0.05, 0.1) is 17.2 Å². The van der Waals surface area contributed by atoms with E-state index < -0.39 is 9.84 Å². The molecule has 1 fully saturated rings. The molecule has 1 aromatic heterocycles. The highest BCUT2D eigenvalue weighted by Crippen LogP contribution is 2.18. The summed E-state index contributed by atoms with van der Waals surface area (Å²) in [6.07, 6.45) is 4.94. The van der Waals surface area contributed by atoms with Crippen molar-refractivity contribution >= 4 is 15.8 Å². The second-order valence-electron chi connectivity index (χ2n) is 5.00. The molecule has 5 nitrogen and oxygen atoms in total. The van der Waals surface area contributed by atoms with Crippen LogP contribution >= 0.6 is 0 Å². The lowest BCUT2D eigenvalue weighted by atomic mass is 10.3. The van der Waals surface area contributed by atoms with Crippen LogP contribution in [-0.2, 0) is 16.4 Å². The van der Waals surface area contributed by atoms with Gasteiger partial charge in [-0.15, -0.1) is 0 Å². The Balaban J connectivity index is 2.04. The lowest BCUT2D eigenvalue weighted by Gasteiger charge is -2.13. The molecule has 0 amide bonds. The first-order valence-electron chi connectivity index (χ1n) is 6.51. The van der Waals surface area contributed by atoms with Crippen LogP contribution in [0.15, 0.2) is 6.20 Å². The van der Waals surface area contributed by atoms with Gasteiger partial charge in [0, 0.05) is 18.8 Å². The maximum Gasteiger partial charge on any atom is 0.203 e. The average Bonchev–Trinajstić information content (AvgIpc) is 2.79. The van der Waals surface area contributed by atoms with Crippen LogP contribution in [0.1, 0.15) is 31.9 Å². The number of nitrogens with zero attached hydrogens (tertiary/aromatic N) is 2. The van der Waals surface area contributed by atoms with Crippen LogP contribution in [0.4, 0.5) is 5.95 Å². The summed E-state index contributed by atoms with van der Waals surface area (Å²) >= 11 is 0. The summed E-state index contributed by atoms with van der Waals surface area (Å²) in [6, 6.07) is 0.0113. The van der Waals surface area contributed by atoms with Crippen molar-refractivity contribution in [3.63, 3.8) is 0 Å². The molecule has 2 rings (SSSR count). The van der Waals surface area contributed by atoms with Crippen LogP contribution in [0.3, 0.4) is 0 Å². The minimum atomic E-state index is -2.84. The average molecular weight is 271 g/mol. The van der Waals surface area contributed by atoms with Gasteiger partial charge in [-0.3, -0.25) is 0 Å². The standard InChI is InChI=1S/C12H21N3O2S/c1-3-4-6-15-8-10(2)13-12(15)14-11-5-7-18(16,17)9-11/h8,11H,3-7,9H2,1-2H3,(H,13,14). The number of sulfone groups is 1.